The van der Waals surface area contributed by atoms with E-state index >= 15 is 0 Å². The number of nitrogens with one attached hydrogen (secondary N) is 1. The second kappa shape index (κ2) is 6.32. The topological polar surface area (TPSA) is 92.9 Å². The van der Waals surface area contributed by atoms with Crippen LogP contribution in [0.3, 0.4) is 0 Å². The molecule has 7 nitrogen and oxygen atoms in total. The van der Waals surface area contributed by atoms with Crippen molar-refractivity contribution in [1.82, 2.24) is 24.8 Å². The Bertz CT molecular complexity index is 714. The maximum atomic E-state index is 12.4. The van der Waals surface area contributed by atoms with Crippen molar-refractivity contribution in [1.29, 1.82) is 0 Å². The third-order valence-electron chi connectivity index (χ3n) is 4.82. The molecule has 1 amide bonds. The van der Waals surface area contributed by atoms with Gasteiger partial charge in [-0.25, -0.2) is 15.0 Å². The molecule has 24 heavy (non-hydrogen) atoms. The van der Waals surface area contributed by atoms with E-state index in [-0.39, 0.29) is 11.9 Å². The van der Waals surface area contributed by atoms with Gasteiger partial charge in [0.05, 0.1) is 18.5 Å². The Morgan fingerprint density at radius 3 is 2.96 bits per heavy atom. The lowest BCUT2D eigenvalue weighted by atomic mass is 10.1. The predicted molar refractivity (Wildman–Crippen MR) is 86.2 cm³/mol. The van der Waals surface area contributed by atoms with Crippen LogP contribution in [0.15, 0.2) is 31.0 Å². The molecule has 2 heterocycles. The van der Waals surface area contributed by atoms with Crippen LogP contribution in [0.5, 0.6) is 0 Å². The molecule has 0 aliphatic heterocycles. The zero-order valence-electron chi connectivity index (χ0n) is 13.4. The minimum Gasteiger partial charge on any atom is -0.391 e. The molecule has 0 saturated heterocycles. The van der Waals surface area contributed by atoms with Gasteiger partial charge in [0.1, 0.15) is 11.5 Å². The summed E-state index contributed by atoms with van der Waals surface area (Å²) >= 11 is 0. The van der Waals surface area contributed by atoms with Gasteiger partial charge in [-0.15, -0.1) is 0 Å². The lowest BCUT2D eigenvalue weighted by Crippen LogP contribution is -2.40. The Labute approximate surface area is 140 Å². The number of nitrogens with zero attached hydrogens (tertiary/aromatic N) is 4. The average molecular weight is 327 g/mol. The number of carbonyl (C=O) groups excluding carboxylic acids is 1. The van der Waals surface area contributed by atoms with Gasteiger partial charge in [-0.3, -0.25) is 4.79 Å². The third-order valence-corrected chi connectivity index (χ3v) is 4.82. The Kier molecular flexibility index (Phi) is 4.02. The van der Waals surface area contributed by atoms with E-state index in [1.807, 2.05) is 10.8 Å². The van der Waals surface area contributed by atoms with E-state index in [1.54, 1.807) is 24.8 Å². The molecule has 2 aromatic rings. The molecule has 2 aromatic heterocycles. The van der Waals surface area contributed by atoms with E-state index in [2.05, 4.69) is 20.3 Å². The first-order chi connectivity index (χ1) is 11.7. The fourth-order valence-corrected chi connectivity index (χ4v) is 3.40. The highest BCUT2D eigenvalue weighted by Gasteiger charge is 2.34. The van der Waals surface area contributed by atoms with Crippen LogP contribution < -0.4 is 5.32 Å². The number of rotatable bonds is 5. The van der Waals surface area contributed by atoms with Crippen molar-refractivity contribution in [3.63, 3.8) is 0 Å². The Morgan fingerprint density at radius 2 is 2.21 bits per heavy atom. The largest absolute Gasteiger partial charge is 0.391 e. The first kappa shape index (κ1) is 15.3. The summed E-state index contributed by atoms with van der Waals surface area (Å²) in [4.78, 5) is 25.1. The van der Waals surface area contributed by atoms with Crippen molar-refractivity contribution in [2.45, 2.75) is 50.3 Å². The number of imidazole rings is 1. The number of aromatic nitrogens is 4. The van der Waals surface area contributed by atoms with Crippen molar-refractivity contribution in [2.24, 2.45) is 5.92 Å². The van der Waals surface area contributed by atoms with Gasteiger partial charge in [-0.05, 0) is 37.7 Å². The van der Waals surface area contributed by atoms with Gasteiger partial charge in [0.25, 0.3) is 5.91 Å². The summed E-state index contributed by atoms with van der Waals surface area (Å²) in [6.07, 6.45) is 10.2. The van der Waals surface area contributed by atoms with Crippen molar-refractivity contribution in [3.8, 4) is 0 Å². The van der Waals surface area contributed by atoms with Crippen LogP contribution >= 0.6 is 0 Å². The Morgan fingerprint density at radius 1 is 1.33 bits per heavy atom. The molecule has 126 valence electrons. The molecular formula is C17H21N5O2. The van der Waals surface area contributed by atoms with Gasteiger partial charge < -0.3 is 15.0 Å². The van der Waals surface area contributed by atoms with Crippen LogP contribution in [0.2, 0.25) is 0 Å². The molecule has 3 atom stereocenters. The summed E-state index contributed by atoms with van der Waals surface area (Å²) in [6.45, 7) is 0.808. The number of aliphatic hydroxyl groups excluding tert-OH is 1. The monoisotopic (exact) mass is 327 g/mol. The summed E-state index contributed by atoms with van der Waals surface area (Å²) in [5, 5.41) is 13.2. The summed E-state index contributed by atoms with van der Waals surface area (Å²) in [5.74, 6) is 1.26. The number of carbonyl (C=O) groups is 1. The van der Waals surface area contributed by atoms with Crippen molar-refractivity contribution in [3.05, 3.63) is 42.5 Å². The molecular weight excluding hydrogens is 306 g/mol. The van der Waals surface area contributed by atoms with E-state index in [0.717, 1.165) is 31.6 Å². The summed E-state index contributed by atoms with van der Waals surface area (Å²) < 4.78 is 2.01. The zero-order valence-corrected chi connectivity index (χ0v) is 13.4. The summed E-state index contributed by atoms with van der Waals surface area (Å²) in [6, 6.07) is 1.40. The van der Waals surface area contributed by atoms with Crippen LogP contribution in [-0.4, -0.2) is 42.7 Å². The molecule has 1 unspecified atom stereocenters. The first-order valence-electron chi connectivity index (χ1n) is 8.46. The highest BCUT2D eigenvalue weighted by molar-refractivity contribution is 5.92. The molecule has 0 spiro atoms. The second-order valence-corrected chi connectivity index (χ2v) is 6.82. The smallest absolute Gasteiger partial charge is 0.270 e. The van der Waals surface area contributed by atoms with Crippen molar-refractivity contribution < 1.29 is 9.90 Å². The number of hydrogen-bond acceptors (Lipinski definition) is 5. The molecule has 2 aliphatic rings. The molecule has 2 N–H and O–H groups in total. The Hall–Kier alpha value is -2.28. The van der Waals surface area contributed by atoms with Crippen LogP contribution in [-0.2, 0) is 6.54 Å². The van der Waals surface area contributed by atoms with E-state index in [0.29, 0.717) is 24.0 Å². The number of amides is 1. The fourth-order valence-electron chi connectivity index (χ4n) is 3.40. The van der Waals surface area contributed by atoms with Crippen molar-refractivity contribution in [2.75, 3.05) is 0 Å². The molecule has 7 heteroatoms. The van der Waals surface area contributed by atoms with E-state index in [9.17, 15) is 9.90 Å². The van der Waals surface area contributed by atoms with Gasteiger partial charge in [-0.1, -0.05) is 0 Å². The molecule has 0 bridgehead atoms. The predicted octanol–water partition coefficient (Wildman–Crippen LogP) is 1.12. The van der Waals surface area contributed by atoms with Crippen LogP contribution in [0.1, 0.15) is 47.9 Å². The average Bonchev–Trinajstić information content (AvgIpc) is 3.22. The Balaban J connectivity index is 1.37. The normalized spacial score (nSPS) is 26.5. The van der Waals surface area contributed by atoms with E-state index < -0.39 is 6.10 Å². The molecule has 0 radical (unpaired) electrons. The minimum absolute atomic E-state index is 0.230. The summed E-state index contributed by atoms with van der Waals surface area (Å²) in [5.41, 5.74) is 0.386. The fraction of sp³-hybridized carbons (Fsp3) is 0.529. The molecule has 2 saturated carbocycles. The highest BCUT2D eigenvalue weighted by atomic mass is 16.3. The number of aliphatic hydroxyl groups is 1. The quantitative estimate of drug-likeness (QED) is 0.858. The lowest BCUT2D eigenvalue weighted by Gasteiger charge is -2.16. The van der Waals surface area contributed by atoms with Gasteiger partial charge >= 0.3 is 0 Å². The second-order valence-electron chi connectivity index (χ2n) is 6.82. The van der Waals surface area contributed by atoms with Crippen LogP contribution in [0.4, 0.5) is 0 Å². The zero-order chi connectivity index (χ0) is 16.5. The SMILES string of the molecule is O=C(N[C@@H]1CC(Cn2ccnc2)C[C@H]1O)c1ccnc(C2CC2)n1. The van der Waals surface area contributed by atoms with Gasteiger partial charge in [-0.2, -0.15) is 0 Å². The standard InChI is InChI=1S/C17H21N5O2/c23-15-8-11(9-22-6-5-18-10-22)7-14(15)21-17(24)13-3-4-19-16(20-13)12-1-2-12/h3-6,10-12,14-15,23H,1-2,7-9H2,(H,21,24)/t11?,14-,15-/m1/s1. The lowest BCUT2D eigenvalue weighted by molar-refractivity contribution is 0.0867. The van der Waals surface area contributed by atoms with Gasteiger partial charge in [0.2, 0.25) is 0 Å². The number of hydrogen-bond donors (Lipinski definition) is 2. The molecule has 2 aliphatic carbocycles. The third kappa shape index (κ3) is 3.31. The van der Waals surface area contributed by atoms with Crippen LogP contribution in [0, 0.1) is 5.92 Å². The van der Waals surface area contributed by atoms with E-state index in [1.165, 1.54) is 0 Å². The first-order valence-corrected chi connectivity index (χ1v) is 8.46. The molecule has 0 aromatic carbocycles. The van der Waals surface area contributed by atoms with Gasteiger partial charge in [0, 0.05) is 31.1 Å². The highest BCUT2D eigenvalue weighted by Crippen LogP contribution is 2.37. The van der Waals surface area contributed by atoms with Crippen LogP contribution in [0.25, 0.3) is 0 Å². The van der Waals surface area contributed by atoms with Gasteiger partial charge in [0.15, 0.2) is 0 Å². The van der Waals surface area contributed by atoms with E-state index in [4.69, 9.17) is 0 Å². The molecule has 4 rings (SSSR count). The van der Waals surface area contributed by atoms with Crippen molar-refractivity contribution >= 4 is 5.91 Å². The minimum atomic E-state index is -0.521. The molecule has 2 fully saturated rings. The maximum Gasteiger partial charge on any atom is 0.270 e. The summed E-state index contributed by atoms with van der Waals surface area (Å²) in [7, 11) is 0. The maximum absolute atomic E-state index is 12.4.